The van der Waals surface area contributed by atoms with Crippen LogP contribution in [0.25, 0.3) is 22.2 Å². The molecule has 0 aliphatic carbocycles. The highest BCUT2D eigenvalue weighted by Gasteiger charge is 2.35. The third-order valence-electron chi connectivity index (χ3n) is 4.69. The Balaban J connectivity index is 1.98. The van der Waals surface area contributed by atoms with Gasteiger partial charge in [-0.3, -0.25) is 0 Å². The topological polar surface area (TPSA) is 63.9 Å². The highest BCUT2D eigenvalue weighted by atomic mass is 19.4. The summed E-state index contributed by atoms with van der Waals surface area (Å²) in [5.41, 5.74) is 7.33. The lowest BCUT2D eigenvalue weighted by atomic mass is 9.93. The van der Waals surface area contributed by atoms with Crippen LogP contribution in [0.2, 0.25) is 0 Å². The molecule has 0 aliphatic rings. The summed E-state index contributed by atoms with van der Waals surface area (Å²) in [5.74, 6) is 0.106. The third kappa shape index (κ3) is 4.90. The monoisotopic (exact) mass is 405 g/mol. The second kappa shape index (κ2) is 7.71. The number of aromatic nitrogens is 2. The number of rotatable bonds is 6. The van der Waals surface area contributed by atoms with E-state index < -0.39 is 17.3 Å². The van der Waals surface area contributed by atoms with Crippen LogP contribution < -0.4 is 10.5 Å². The zero-order valence-corrected chi connectivity index (χ0v) is 17.0. The largest absolute Gasteiger partial charge is 0.491 e. The molecule has 2 aromatic heterocycles. The van der Waals surface area contributed by atoms with Gasteiger partial charge in [-0.05, 0) is 61.6 Å². The molecule has 0 unspecified atom stereocenters. The number of nitrogens with zero attached hydrogens (tertiary/aromatic N) is 1. The number of nitrogens with two attached hydrogens (primary N) is 1. The molecule has 3 rings (SSSR count). The minimum absolute atomic E-state index is 0.00408. The van der Waals surface area contributed by atoms with E-state index in [0.717, 1.165) is 17.1 Å². The number of nitrogens with one attached hydrogen (secondary N) is 1. The van der Waals surface area contributed by atoms with Crippen LogP contribution in [0.15, 0.2) is 36.5 Å². The lowest BCUT2D eigenvalue weighted by Gasteiger charge is -2.27. The highest BCUT2D eigenvalue weighted by molar-refractivity contribution is 5.93. The normalized spacial score (nSPS) is 14.4. The van der Waals surface area contributed by atoms with Gasteiger partial charge in [-0.2, -0.15) is 13.2 Å². The smallest absolute Gasteiger partial charge is 0.419 e. The number of halogens is 3. The first-order valence-electron chi connectivity index (χ1n) is 9.54. The Kier molecular flexibility index (Phi) is 5.63. The lowest BCUT2D eigenvalue weighted by Crippen LogP contribution is -2.43. The Bertz CT molecular complexity index is 1010. The first-order chi connectivity index (χ1) is 13.5. The van der Waals surface area contributed by atoms with E-state index in [1.807, 2.05) is 26.8 Å². The van der Waals surface area contributed by atoms with Crippen LogP contribution in [-0.2, 0) is 6.18 Å². The number of fused-ring (bicyclic) bond motifs is 1. The van der Waals surface area contributed by atoms with Crippen LogP contribution in [0, 0.1) is 12.8 Å². The van der Waals surface area contributed by atoms with Gasteiger partial charge in [0, 0.05) is 22.8 Å². The molecule has 1 atom stereocenters. The number of pyridine rings is 1. The molecule has 0 saturated carbocycles. The molecule has 0 bridgehead atoms. The van der Waals surface area contributed by atoms with E-state index in [2.05, 4.69) is 9.97 Å². The number of hydrogen-bond donors (Lipinski definition) is 2. The summed E-state index contributed by atoms with van der Waals surface area (Å²) in [5, 5.41) is 0.776. The molecule has 7 heteroatoms. The minimum atomic E-state index is -4.55. The quantitative estimate of drug-likeness (QED) is 0.553. The maximum absolute atomic E-state index is 13.8. The summed E-state index contributed by atoms with van der Waals surface area (Å²) < 4.78 is 46.8. The first-order valence-corrected chi connectivity index (χ1v) is 9.54. The number of hydrogen-bond acceptors (Lipinski definition) is 3. The van der Waals surface area contributed by atoms with Gasteiger partial charge in [0.1, 0.15) is 18.0 Å². The van der Waals surface area contributed by atoms with E-state index in [1.165, 1.54) is 6.07 Å². The van der Waals surface area contributed by atoms with Crippen molar-refractivity contribution in [2.24, 2.45) is 11.7 Å². The molecule has 0 fully saturated rings. The number of ether oxygens (including phenoxy) is 1. The van der Waals surface area contributed by atoms with Crippen molar-refractivity contribution >= 4 is 11.0 Å². The van der Waals surface area contributed by atoms with Crippen LogP contribution in [0.3, 0.4) is 0 Å². The Morgan fingerprint density at radius 1 is 1.17 bits per heavy atom. The van der Waals surface area contributed by atoms with Gasteiger partial charge in [0.25, 0.3) is 0 Å². The fourth-order valence-electron chi connectivity index (χ4n) is 3.69. The molecule has 0 radical (unpaired) electrons. The fourth-order valence-corrected chi connectivity index (χ4v) is 3.69. The van der Waals surface area contributed by atoms with Crippen molar-refractivity contribution in [2.45, 2.75) is 45.8 Å². The second-order valence-corrected chi connectivity index (χ2v) is 8.32. The highest BCUT2D eigenvalue weighted by Crippen LogP contribution is 2.40. The molecule has 1 aromatic carbocycles. The zero-order valence-electron chi connectivity index (χ0n) is 17.0. The van der Waals surface area contributed by atoms with Crippen molar-refractivity contribution < 1.29 is 17.9 Å². The third-order valence-corrected chi connectivity index (χ3v) is 4.69. The summed E-state index contributed by atoms with van der Waals surface area (Å²) in [6, 6.07) is 7.72. The molecule has 3 N–H and O–H groups in total. The van der Waals surface area contributed by atoms with Crippen LogP contribution in [0.4, 0.5) is 13.2 Å². The van der Waals surface area contributed by atoms with Crippen molar-refractivity contribution in [3.8, 4) is 16.9 Å². The van der Waals surface area contributed by atoms with Crippen LogP contribution in [0.1, 0.15) is 38.4 Å². The van der Waals surface area contributed by atoms with E-state index in [1.54, 1.807) is 25.3 Å². The molecule has 0 spiro atoms. The predicted molar refractivity (Wildman–Crippen MR) is 109 cm³/mol. The van der Waals surface area contributed by atoms with Crippen LogP contribution in [0.5, 0.6) is 5.75 Å². The SMILES string of the molecule is Cc1cc2c(-c3ccc(OC[C@@](C)(N)CC(C)C)c(C(F)(F)F)c3)ccnc2[nH]1. The number of aryl methyl sites for hydroxylation is 1. The molecule has 4 nitrogen and oxygen atoms in total. The van der Waals surface area contributed by atoms with Crippen molar-refractivity contribution in [1.29, 1.82) is 0 Å². The maximum Gasteiger partial charge on any atom is 0.419 e. The van der Waals surface area contributed by atoms with E-state index in [-0.39, 0.29) is 12.4 Å². The summed E-state index contributed by atoms with van der Waals surface area (Å²) in [4.78, 5) is 7.35. The molecule has 2 heterocycles. The number of alkyl halides is 3. The van der Waals surface area contributed by atoms with Crippen molar-refractivity contribution in [3.63, 3.8) is 0 Å². The van der Waals surface area contributed by atoms with Crippen molar-refractivity contribution in [3.05, 3.63) is 47.8 Å². The van der Waals surface area contributed by atoms with Gasteiger partial charge in [0.05, 0.1) is 5.56 Å². The van der Waals surface area contributed by atoms with Crippen molar-refractivity contribution in [2.75, 3.05) is 6.61 Å². The lowest BCUT2D eigenvalue weighted by molar-refractivity contribution is -0.139. The summed E-state index contributed by atoms with van der Waals surface area (Å²) in [6.45, 7) is 7.70. The van der Waals surface area contributed by atoms with Crippen LogP contribution in [-0.4, -0.2) is 22.1 Å². The molecule has 29 heavy (non-hydrogen) atoms. The Morgan fingerprint density at radius 3 is 2.55 bits per heavy atom. The Labute approximate surface area is 168 Å². The molecule has 0 saturated heterocycles. The maximum atomic E-state index is 13.8. The van der Waals surface area contributed by atoms with Gasteiger partial charge >= 0.3 is 6.18 Å². The van der Waals surface area contributed by atoms with Gasteiger partial charge in [-0.25, -0.2) is 4.98 Å². The molecule has 0 amide bonds. The first kappa shape index (κ1) is 21.2. The Hall–Kier alpha value is -2.54. The van der Waals surface area contributed by atoms with Gasteiger partial charge in [0.15, 0.2) is 0 Å². The average Bonchev–Trinajstić information content (AvgIpc) is 2.98. The zero-order chi connectivity index (χ0) is 21.4. The summed E-state index contributed by atoms with van der Waals surface area (Å²) >= 11 is 0. The molecular weight excluding hydrogens is 379 g/mol. The van der Waals surface area contributed by atoms with Gasteiger partial charge in [0.2, 0.25) is 0 Å². The van der Waals surface area contributed by atoms with E-state index in [4.69, 9.17) is 10.5 Å². The van der Waals surface area contributed by atoms with Gasteiger partial charge in [-0.1, -0.05) is 19.9 Å². The molecule has 3 aromatic rings. The Morgan fingerprint density at radius 2 is 1.90 bits per heavy atom. The van der Waals surface area contributed by atoms with E-state index >= 15 is 0 Å². The number of H-pyrrole nitrogens is 1. The van der Waals surface area contributed by atoms with Gasteiger partial charge < -0.3 is 15.5 Å². The van der Waals surface area contributed by atoms with E-state index in [0.29, 0.717) is 29.1 Å². The molecular formula is C22H26F3N3O. The van der Waals surface area contributed by atoms with Gasteiger partial charge in [-0.15, -0.1) is 0 Å². The average molecular weight is 405 g/mol. The molecule has 0 aliphatic heterocycles. The molecule has 156 valence electrons. The summed E-state index contributed by atoms with van der Waals surface area (Å²) in [6.07, 6.45) is -2.32. The number of aromatic amines is 1. The van der Waals surface area contributed by atoms with Crippen molar-refractivity contribution in [1.82, 2.24) is 9.97 Å². The second-order valence-electron chi connectivity index (χ2n) is 8.32. The predicted octanol–water partition coefficient (Wildman–Crippen LogP) is 5.70. The fraction of sp³-hybridized carbons (Fsp3) is 0.409. The standard InChI is InChI=1S/C22H26F3N3O/c1-13(2)11-21(4,26)12-29-19-6-5-15(10-18(19)22(23,24)25)16-7-8-27-20-17(16)9-14(3)28-20/h5-10,13H,11-12,26H2,1-4H3,(H,27,28)/t21-/m0/s1. The number of benzene rings is 1. The minimum Gasteiger partial charge on any atom is -0.491 e. The summed E-state index contributed by atoms with van der Waals surface area (Å²) in [7, 11) is 0. The van der Waals surface area contributed by atoms with Crippen LogP contribution >= 0.6 is 0 Å². The van der Waals surface area contributed by atoms with E-state index in [9.17, 15) is 13.2 Å².